The van der Waals surface area contributed by atoms with E-state index in [0.717, 1.165) is 37.4 Å². The molecule has 18 heavy (non-hydrogen) atoms. The molecule has 3 atom stereocenters. The summed E-state index contributed by atoms with van der Waals surface area (Å²) in [5.41, 5.74) is 2.04. The normalized spacial score (nSPS) is 31.3. The largest absolute Gasteiger partial charge is 0.373 e. The van der Waals surface area contributed by atoms with Gasteiger partial charge in [-0.05, 0) is 31.9 Å². The molecule has 1 aromatic heterocycles. The van der Waals surface area contributed by atoms with Crippen LogP contribution in [-0.4, -0.2) is 36.4 Å². The van der Waals surface area contributed by atoms with Gasteiger partial charge in [0.1, 0.15) is 0 Å². The van der Waals surface area contributed by atoms with Gasteiger partial charge < -0.3 is 14.8 Å². The lowest BCUT2D eigenvalue weighted by atomic mass is 10.1. The van der Waals surface area contributed by atoms with Gasteiger partial charge in [0.25, 0.3) is 0 Å². The molecule has 1 aliphatic carbocycles. The molecule has 0 spiro atoms. The number of fused-ring (bicyclic) bond motifs is 1. The monoisotopic (exact) mass is 248 g/mol. The van der Waals surface area contributed by atoms with Gasteiger partial charge in [-0.3, -0.25) is 4.98 Å². The fraction of sp³-hybridized carbons (Fsp3) is 0.643. The van der Waals surface area contributed by atoms with E-state index < -0.39 is 0 Å². The second kappa shape index (κ2) is 5.34. The third-order valence-electron chi connectivity index (χ3n) is 3.74. The Hall–Kier alpha value is -0.970. The Morgan fingerprint density at radius 2 is 2.39 bits per heavy atom. The minimum absolute atomic E-state index is 0.213. The van der Waals surface area contributed by atoms with Gasteiger partial charge in [0, 0.05) is 18.3 Å². The first-order chi connectivity index (χ1) is 8.83. The number of morpholine rings is 1. The van der Waals surface area contributed by atoms with E-state index in [2.05, 4.69) is 10.3 Å². The Morgan fingerprint density at radius 1 is 1.44 bits per heavy atom. The minimum atomic E-state index is 0.213. The Labute approximate surface area is 108 Å². The number of ether oxygens (including phenoxy) is 2. The van der Waals surface area contributed by atoms with Crippen LogP contribution in [0.25, 0.3) is 0 Å². The van der Waals surface area contributed by atoms with Crippen molar-refractivity contribution in [2.24, 2.45) is 0 Å². The van der Waals surface area contributed by atoms with Crippen LogP contribution in [-0.2, 0) is 16.1 Å². The third-order valence-corrected chi connectivity index (χ3v) is 3.74. The van der Waals surface area contributed by atoms with Crippen LogP contribution in [0.2, 0.25) is 0 Å². The summed E-state index contributed by atoms with van der Waals surface area (Å²) in [6, 6.07) is 6.52. The van der Waals surface area contributed by atoms with Gasteiger partial charge in [-0.25, -0.2) is 0 Å². The highest BCUT2D eigenvalue weighted by molar-refractivity contribution is 5.09. The summed E-state index contributed by atoms with van der Waals surface area (Å²) in [6.45, 7) is 4.35. The Kier molecular flexibility index (Phi) is 3.59. The summed E-state index contributed by atoms with van der Waals surface area (Å²) in [5, 5.41) is 3.50. The molecule has 98 valence electrons. The average molecular weight is 248 g/mol. The fourth-order valence-corrected chi connectivity index (χ4v) is 2.86. The van der Waals surface area contributed by atoms with Crippen molar-refractivity contribution in [3.63, 3.8) is 0 Å². The molecule has 0 bridgehead atoms. The van der Waals surface area contributed by atoms with Crippen LogP contribution < -0.4 is 5.32 Å². The van der Waals surface area contributed by atoms with E-state index >= 15 is 0 Å². The molecule has 1 N–H and O–H groups in total. The molecule has 2 aliphatic rings. The number of aromatic nitrogens is 1. The van der Waals surface area contributed by atoms with Crippen LogP contribution in [0, 0.1) is 6.92 Å². The molecule has 2 fully saturated rings. The van der Waals surface area contributed by atoms with Gasteiger partial charge in [0.05, 0.1) is 31.1 Å². The maximum absolute atomic E-state index is 5.99. The van der Waals surface area contributed by atoms with E-state index in [1.54, 1.807) is 0 Å². The molecule has 1 aromatic rings. The number of hydrogen-bond acceptors (Lipinski definition) is 4. The molecule has 3 rings (SSSR count). The SMILES string of the molecule is Cc1cccc(CO[C@@H]2CC[C@@H]3NCCO[C@H]32)n1. The predicted octanol–water partition coefficient (Wildman–Crippen LogP) is 1.43. The molecule has 4 nitrogen and oxygen atoms in total. The number of nitrogens with zero attached hydrogens (tertiary/aromatic N) is 1. The maximum atomic E-state index is 5.99. The summed E-state index contributed by atoms with van der Waals surface area (Å²) in [4.78, 5) is 4.46. The zero-order chi connectivity index (χ0) is 12.4. The lowest BCUT2D eigenvalue weighted by molar-refractivity contribution is -0.0841. The first-order valence-corrected chi connectivity index (χ1v) is 6.72. The van der Waals surface area contributed by atoms with Crippen molar-refractivity contribution in [3.8, 4) is 0 Å². The van der Waals surface area contributed by atoms with E-state index in [1.807, 2.05) is 25.1 Å². The number of pyridine rings is 1. The van der Waals surface area contributed by atoms with Crippen molar-refractivity contribution in [2.75, 3.05) is 13.2 Å². The van der Waals surface area contributed by atoms with Crippen molar-refractivity contribution >= 4 is 0 Å². The number of hydrogen-bond donors (Lipinski definition) is 1. The van der Waals surface area contributed by atoms with E-state index in [-0.39, 0.29) is 12.2 Å². The van der Waals surface area contributed by atoms with E-state index in [4.69, 9.17) is 9.47 Å². The van der Waals surface area contributed by atoms with Gasteiger partial charge >= 0.3 is 0 Å². The highest BCUT2D eigenvalue weighted by atomic mass is 16.5. The van der Waals surface area contributed by atoms with Crippen LogP contribution >= 0.6 is 0 Å². The lowest BCUT2D eigenvalue weighted by Crippen LogP contribution is -2.48. The van der Waals surface area contributed by atoms with Crippen molar-refractivity contribution in [1.82, 2.24) is 10.3 Å². The topological polar surface area (TPSA) is 43.4 Å². The summed E-state index contributed by atoms with van der Waals surface area (Å²) in [7, 11) is 0. The molecule has 1 saturated carbocycles. The van der Waals surface area contributed by atoms with Crippen molar-refractivity contribution in [3.05, 3.63) is 29.6 Å². The van der Waals surface area contributed by atoms with Gasteiger partial charge in [-0.15, -0.1) is 0 Å². The minimum Gasteiger partial charge on any atom is -0.373 e. The Balaban J connectivity index is 1.57. The Bertz CT molecular complexity index is 411. The summed E-state index contributed by atoms with van der Waals surface area (Å²) < 4.78 is 11.8. The molecule has 0 amide bonds. The molecule has 4 heteroatoms. The van der Waals surface area contributed by atoms with Crippen molar-refractivity contribution in [1.29, 1.82) is 0 Å². The van der Waals surface area contributed by atoms with Crippen molar-refractivity contribution < 1.29 is 9.47 Å². The van der Waals surface area contributed by atoms with Gasteiger partial charge in [0.15, 0.2) is 0 Å². The fourth-order valence-electron chi connectivity index (χ4n) is 2.86. The molecule has 2 heterocycles. The average Bonchev–Trinajstić information content (AvgIpc) is 2.80. The molecule has 1 saturated heterocycles. The predicted molar refractivity (Wildman–Crippen MR) is 68.3 cm³/mol. The molecule has 1 aliphatic heterocycles. The van der Waals surface area contributed by atoms with Gasteiger partial charge in [0.2, 0.25) is 0 Å². The summed E-state index contributed by atoms with van der Waals surface area (Å²) >= 11 is 0. The molecule has 0 radical (unpaired) electrons. The summed E-state index contributed by atoms with van der Waals surface area (Å²) in [5.74, 6) is 0. The van der Waals surface area contributed by atoms with E-state index in [0.29, 0.717) is 12.6 Å². The molecule has 0 aromatic carbocycles. The van der Waals surface area contributed by atoms with Crippen LogP contribution in [0.15, 0.2) is 18.2 Å². The molecular weight excluding hydrogens is 228 g/mol. The smallest absolute Gasteiger partial charge is 0.0989 e. The lowest BCUT2D eigenvalue weighted by Gasteiger charge is -2.30. The Morgan fingerprint density at radius 3 is 3.28 bits per heavy atom. The second-order valence-electron chi connectivity index (χ2n) is 5.09. The second-order valence-corrected chi connectivity index (χ2v) is 5.09. The van der Waals surface area contributed by atoms with E-state index in [9.17, 15) is 0 Å². The number of aryl methyl sites for hydroxylation is 1. The number of rotatable bonds is 3. The first-order valence-electron chi connectivity index (χ1n) is 6.72. The van der Waals surface area contributed by atoms with Gasteiger partial charge in [-0.1, -0.05) is 6.07 Å². The van der Waals surface area contributed by atoms with E-state index in [1.165, 1.54) is 0 Å². The first kappa shape index (κ1) is 12.1. The highest BCUT2D eigenvalue weighted by Crippen LogP contribution is 2.27. The maximum Gasteiger partial charge on any atom is 0.0989 e. The zero-order valence-corrected chi connectivity index (χ0v) is 10.8. The van der Waals surface area contributed by atoms with Gasteiger partial charge in [-0.2, -0.15) is 0 Å². The number of nitrogens with one attached hydrogen (secondary N) is 1. The van der Waals surface area contributed by atoms with Crippen molar-refractivity contribution in [2.45, 2.75) is 44.6 Å². The molecular formula is C14H20N2O2. The zero-order valence-electron chi connectivity index (χ0n) is 10.8. The quantitative estimate of drug-likeness (QED) is 0.878. The molecule has 0 unspecified atom stereocenters. The van der Waals surface area contributed by atoms with Crippen LogP contribution in [0.5, 0.6) is 0 Å². The van der Waals surface area contributed by atoms with Crippen LogP contribution in [0.1, 0.15) is 24.2 Å². The van der Waals surface area contributed by atoms with Crippen LogP contribution in [0.4, 0.5) is 0 Å². The summed E-state index contributed by atoms with van der Waals surface area (Å²) in [6.07, 6.45) is 2.67. The third kappa shape index (κ3) is 2.55. The van der Waals surface area contributed by atoms with Crippen LogP contribution in [0.3, 0.4) is 0 Å². The standard InChI is InChI=1S/C14H20N2O2/c1-10-3-2-4-11(16-10)9-18-13-6-5-12-14(13)17-8-7-15-12/h2-4,12-15H,5-9H2,1H3/t12-,13+,14+/m0/s1. The highest BCUT2D eigenvalue weighted by Gasteiger charge is 2.39.